The zero-order valence-electron chi connectivity index (χ0n) is 8.24. The molecule has 0 heterocycles. The van der Waals surface area contributed by atoms with E-state index in [4.69, 9.17) is 5.11 Å². The monoisotopic (exact) mass is 210 g/mol. The molecule has 0 bridgehead atoms. The van der Waals surface area contributed by atoms with E-state index in [1.807, 2.05) is 0 Å². The van der Waals surface area contributed by atoms with Crippen LogP contribution in [-0.4, -0.2) is 23.0 Å². The molecule has 0 aliphatic carbocycles. The van der Waals surface area contributed by atoms with Crippen molar-refractivity contribution in [2.24, 2.45) is 0 Å². The molecule has 0 spiro atoms. The molecule has 1 rings (SSSR count). The van der Waals surface area contributed by atoms with Gasteiger partial charge >= 0.3 is 5.97 Å². The van der Waals surface area contributed by atoms with E-state index < -0.39 is 17.9 Å². The molecule has 4 heteroatoms. The van der Waals surface area contributed by atoms with Crippen molar-refractivity contribution in [2.45, 2.75) is 19.5 Å². The van der Waals surface area contributed by atoms with Gasteiger partial charge in [-0.25, -0.2) is 9.18 Å². The lowest BCUT2D eigenvalue weighted by atomic mass is 10.0. The molecule has 0 amide bonds. The number of benzene rings is 1. The summed E-state index contributed by atoms with van der Waals surface area (Å²) in [5.74, 6) is -2.47. The second-order valence-electron chi connectivity index (χ2n) is 3.32. The molecule has 0 aliphatic heterocycles. The predicted molar refractivity (Wildman–Crippen MR) is 52.7 cm³/mol. The lowest BCUT2D eigenvalue weighted by Crippen LogP contribution is -2.13. The molecule has 1 aromatic carbocycles. The molecule has 1 N–H and O–H groups in total. The second-order valence-corrected chi connectivity index (χ2v) is 3.32. The zero-order valence-corrected chi connectivity index (χ0v) is 8.24. The average Bonchev–Trinajstić information content (AvgIpc) is 2.16. The Morgan fingerprint density at radius 3 is 2.67 bits per heavy atom. The second kappa shape index (κ2) is 4.68. The third-order valence-corrected chi connectivity index (χ3v) is 1.90. The summed E-state index contributed by atoms with van der Waals surface area (Å²) >= 11 is 0. The third kappa shape index (κ3) is 3.16. The van der Waals surface area contributed by atoms with E-state index in [1.54, 1.807) is 12.1 Å². The van der Waals surface area contributed by atoms with E-state index in [0.717, 1.165) is 0 Å². The van der Waals surface area contributed by atoms with Crippen molar-refractivity contribution in [3.63, 3.8) is 0 Å². The third-order valence-electron chi connectivity index (χ3n) is 1.90. The molecule has 1 unspecified atom stereocenters. The molecule has 80 valence electrons. The summed E-state index contributed by atoms with van der Waals surface area (Å²) in [6.45, 7) is 1.41. The number of Topliss-reactive ketones (excluding diaryl/α,β-unsaturated/α-hetero) is 1. The number of ketones is 1. The summed E-state index contributed by atoms with van der Waals surface area (Å²) < 4.78 is 12.7. The van der Waals surface area contributed by atoms with Gasteiger partial charge in [-0.1, -0.05) is 18.2 Å². The highest BCUT2D eigenvalue weighted by molar-refractivity contribution is 6.39. The number of carbonyl (C=O) groups is 2. The Morgan fingerprint density at radius 2 is 2.13 bits per heavy atom. The molecule has 0 saturated heterocycles. The van der Waals surface area contributed by atoms with E-state index >= 15 is 0 Å². The Morgan fingerprint density at radius 1 is 1.47 bits per heavy atom. The summed E-state index contributed by atoms with van der Waals surface area (Å²) in [6.07, 6.45) is -0.832. The molecule has 0 saturated carbocycles. The Bertz CT molecular complexity index is 385. The van der Waals surface area contributed by atoms with Crippen LogP contribution in [0.25, 0.3) is 0 Å². The number of carboxylic acid groups (broad SMARTS) is 1. The van der Waals surface area contributed by atoms with Crippen LogP contribution in [0, 0.1) is 0 Å². The van der Waals surface area contributed by atoms with Crippen molar-refractivity contribution in [3.05, 3.63) is 35.4 Å². The Hall–Kier alpha value is -1.71. The SMILES string of the molecule is CC(F)Cc1cccc(C(=O)C(=O)O)c1. The van der Waals surface area contributed by atoms with E-state index in [2.05, 4.69) is 0 Å². The van der Waals surface area contributed by atoms with Gasteiger partial charge in [0.25, 0.3) is 5.78 Å². The van der Waals surface area contributed by atoms with Crippen LogP contribution in [0.3, 0.4) is 0 Å². The fourth-order valence-electron chi connectivity index (χ4n) is 1.29. The van der Waals surface area contributed by atoms with Crippen molar-refractivity contribution in [3.8, 4) is 0 Å². The smallest absolute Gasteiger partial charge is 0.377 e. The first kappa shape index (κ1) is 11.4. The highest BCUT2D eigenvalue weighted by atomic mass is 19.1. The van der Waals surface area contributed by atoms with Crippen LogP contribution in [0.5, 0.6) is 0 Å². The largest absolute Gasteiger partial charge is 0.475 e. The average molecular weight is 210 g/mol. The van der Waals surface area contributed by atoms with Gasteiger partial charge in [0.2, 0.25) is 0 Å². The van der Waals surface area contributed by atoms with Gasteiger partial charge in [-0.15, -0.1) is 0 Å². The first-order chi connectivity index (χ1) is 7.00. The molecule has 0 radical (unpaired) electrons. The number of rotatable bonds is 4. The van der Waals surface area contributed by atoms with Crippen LogP contribution in [0.2, 0.25) is 0 Å². The van der Waals surface area contributed by atoms with Crippen molar-refractivity contribution in [1.29, 1.82) is 0 Å². The van der Waals surface area contributed by atoms with Crippen molar-refractivity contribution >= 4 is 11.8 Å². The first-order valence-electron chi connectivity index (χ1n) is 4.51. The maximum absolute atomic E-state index is 12.7. The summed E-state index contributed by atoms with van der Waals surface area (Å²) in [5.41, 5.74) is 0.706. The fourth-order valence-corrected chi connectivity index (χ4v) is 1.29. The molecular weight excluding hydrogens is 199 g/mol. The van der Waals surface area contributed by atoms with Crippen LogP contribution < -0.4 is 0 Å². The Labute approximate surface area is 86.5 Å². The number of carboxylic acids is 1. The number of hydrogen-bond acceptors (Lipinski definition) is 2. The Kier molecular flexibility index (Phi) is 3.55. The lowest BCUT2D eigenvalue weighted by Gasteiger charge is -2.03. The van der Waals surface area contributed by atoms with E-state index in [0.29, 0.717) is 5.56 Å². The van der Waals surface area contributed by atoms with E-state index in [-0.39, 0.29) is 12.0 Å². The minimum atomic E-state index is -1.50. The summed E-state index contributed by atoms with van der Waals surface area (Å²) in [5, 5.41) is 8.48. The highest BCUT2D eigenvalue weighted by Crippen LogP contribution is 2.09. The van der Waals surface area contributed by atoms with E-state index in [9.17, 15) is 14.0 Å². The van der Waals surface area contributed by atoms with Gasteiger partial charge in [-0.3, -0.25) is 4.79 Å². The quantitative estimate of drug-likeness (QED) is 0.609. The molecule has 0 fully saturated rings. The van der Waals surface area contributed by atoms with Gasteiger partial charge in [0.1, 0.15) is 6.17 Å². The summed E-state index contributed by atoms with van der Waals surface area (Å²) in [6, 6.07) is 6.03. The number of aliphatic carboxylic acids is 1. The summed E-state index contributed by atoms with van der Waals surface area (Å²) in [7, 11) is 0. The Balaban J connectivity index is 2.92. The standard InChI is InChI=1S/C11H11FO3/c1-7(12)5-8-3-2-4-9(6-8)10(13)11(14)15/h2-4,6-7H,5H2,1H3,(H,14,15). The molecule has 3 nitrogen and oxygen atoms in total. The van der Waals surface area contributed by atoms with Crippen LogP contribution >= 0.6 is 0 Å². The maximum atomic E-state index is 12.7. The zero-order chi connectivity index (χ0) is 11.4. The van der Waals surface area contributed by atoms with Gasteiger partial charge in [-0.05, 0) is 18.6 Å². The molecular formula is C11H11FO3. The van der Waals surface area contributed by atoms with Gasteiger partial charge in [0.05, 0.1) is 0 Å². The topological polar surface area (TPSA) is 54.4 Å². The lowest BCUT2D eigenvalue weighted by molar-refractivity contribution is -0.131. The van der Waals surface area contributed by atoms with E-state index in [1.165, 1.54) is 19.1 Å². The van der Waals surface area contributed by atoms with Crippen LogP contribution in [0.4, 0.5) is 4.39 Å². The van der Waals surface area contributed by atoms with Gasteiger partial charge in [0.15, 0.2) is 0 Å². The summed E-state index contributed by atoms with van der Waals surface area (Å²) in [4.78, 5) is 21.5. The minimum Gasteiger partial charge on any atom is -0.475 e. The molecule has 1 atom stereocenters. The molecule has 0 aliphatic rings. The van der Waals surface area contributed by atoms with Crippen LogP contribution in [-0.2, 0) is 11.2 Å². The maximum Gasteiger partial charge on any atom is 0.377 e. The minimum absolute atomic E-state index is 0.0839. The van der Waals surface area contributed by atoms with Gasteiger partial charge in [-0.2, -0.15) is 0 Å². The molecule has 0 aromatic heterocycles. The van der Waals surface area contributed by atoms with Gasteiger partial charge in [0, 0.05) is 12.0 Å². The first-order valence-corrected chi connectivity index (χ1v) is 4.51. The normalized spacial score (nSPS) is 12.1. The molecule has 1 aromatic rings. The number of carbonyl (C=O) groups excluding carboxylic acids is 1. The number of alkyl halides is 1. The van der Waals surface area contributed by atoms with Crippen molar-refractivity contribution < 1.29 is 19.1 Å². The van der Waals surface area contributed by atoms with Crippen molar-refractivity contribution in [2.75, 3.05) is 0 Å². The highest BCUT2D eigenvalue weighted by Gasteiger charge is 2.14. The van der Waals surface area contributed by atoms with Crippen LogP contribution in [0.15, 0.2) is 24.3 Å². The van der Waals surface area contributed by atoms with Crippen LogP contribution in [0.1, 0.15) is 22.8 Å². The number of halogens is 1. The van der Waals surface area contributed by atoms with Crippen molar-refractivity contribution in [1.82, 2.24) is 0 Å². The van der Waals surface area contributed by atoms with Gasteiger partial charge < -0.3 is 5.11 Å². The fraction of sp³-hybridized carbons (Fsp3) is 0.273. The molecule has 15 heavy (non-hydrogen) atoms. The predicted octanol–water partition coefficient (Wildman–Crippen LogP) is 1.85. The number of hydrogen-bond donors (Lipinski definition) is 1.